The van der Waals surface area contributed by atoms with Crippen molar-refractivity contribution >= 4 is 23.5 Å². The number of nitrogens with one attached hydrogen (secondary N) is 1. The van der Waals surface area contributed by atoms with Gasteiger partial charge in [0.05, 0.1) is 12.3 Å². The van der Waals surface area contributed by atoms with Crippen LogP contribution < -0.4 is 5.32 Å². The first-order chi connectivity index (χ1) is 9.60. The van der Waals surface area contributed by atoms with Crippen molar-refractivity contribution in [1.82, 2.24) is 5.32 Å². The zero-order valence-electron chi connectivity index (χ0n) is 10.9. The molecule has 0 heterocycles. The molecule has 1 aromatic carbocycles. The first-order valence-corrected chi connectivity index (χ1v) is 6.33. The first-order valence-electron chi connectivity index (χ1n) is 5.95. The van der Waals surface area contributed by atoms with Crippen molar-refractivity contribution in [3.05, 3.63) is 34.9 Å². The summed E-state index contributed by atoms with van der Waals surface area (Å²) >= 11 is 5.76. The minimum Gasteiger partial charge on any atom is -0.480 e. The lowest BCUT2D eigenvalue weighted by Crippen LogP contribution is -2.45. The van der Waals surface area contributed by atoms with Crippen LogP contribution in [-0.4, -0.2) is 29.2 Å². The molecule has 0 saturated heterocycles. The van der Waals surface area contributed by atoms with Crippen LogP contribution in [0.5, 0.6) is 0 Å². The fraction of sp³-hybridized carbons (Fsp3) is 0.385. The molecular weight excluding hydrogens is 311 g/mol. The van der Waals surface area contributed by atoms with Gasteiger partial charge in [0.25, 0.3) is 0 Å². The first kappa shape index (κ1) is 17.3. The van der Waals surface area contributed by atoms with E-state index in [4.69, 9.17) is 16.7 Å². The molecule has 0 aliphatic rings. The molecule has 0 radical (unpaired) electrons. The third kappa shape index (κ3) is 5.63. The maximum absolute atomic E-state index is 12.3. The second-order valence-electron chi connectivity index (χ2n) is 4.50. The van der Waals surface area contributed by atoms with Gasteiger partial charge < -0.3 is 10.4 Å². The molecule has 1 rings (SSSR count). The number of rotatable bonds is 5. The van der Waals surface area contributed by atoms with E-state index >= 15 is 0 Å². The summed E-state index contributed by atoms with van der Waals surface area (Å²) in [4.78, 5) is 22.7. The molecule has 21 heavy (non-hydrogen) atoms. The normalized spacial score (nSPS) is 14.3. The van der Waals surface area contributed by atoms with Gasteiger partial charge in [-0.3, -0.25) is 4.79 Å². The van der Waals surface area contributed by atoms with Gasteiger partial charge in [-0.2, -0.15) is 13.2 Å². The third-order valence-corrected chi connectivity index (χ3v) is 3.03. The fourth-order valence-electron chi connectivity index (χ4n) is 1.66. The highest BCUT2D eigenvalue weighted by Crippen LogP contribution is 2.23. The fourth-order valence-corrected chi connectivity index (χ4v) is 1.85. The molecule has 0 aliphatic carbocycles. The average Bonchev–Trinajstić information content (AvgIpc) is 2.35. The summed E-state index contributed by atoms with van der Waals surface area (Å²) in [6, 6.07) is 4.23. The summed E-state index contributed by atoms with van der Waals surface area (Å²) in [5, 5.41) is 11.0. The molecule has 0 aromatic heterocycles. The number of halogens is 4. The van der Waals surface area contributed by atoms with E-state index in [-0.39, 0.29) is 0 Å². The quantitative estimate of drug-likeness (QED) is 0.875. The van der Waals surface area contributed by atoms with E-state index in [0.29, 0.717) is 10.6 Å². The van der Waals surface area contributed by atoms with E-state index in [0.717, 1.165) is 0 Å². The van der Waals surface area contributed by atoms with Crippen molar-refractivity contribution in [1.29, 1.82) is 0 Å². The smallest absolute Gasteiger partial charge is 0.391 e. The summed E-state index contributed by atoms with van der Waals surface area (Å²) in [6.07, 6.45) is -6.31. The molecule has 0 saturated carbocycles. The topological polar surface area (TPSA) is 66.4 Å². The van der Waals surface area contributed by atoms with Crippen molar-refractivity contribution in [2.75, 3.05) is 0 Å². The van der Waals surface area contributed by atoms with Gasteiger partial charge >= 0.3 is 12.1 Å². The summed E-state index contributed by atoms with van der Waals surface area (Å²) in [7, 11) is 0. The second-order valence-corrected chi connectivity index (χ2v) is 4.93. The molecule has 0 aliphatic heterocycles. The highest BCUT2D eigenvalue weighted by molar-refractivity contribution is 6.30. The molecule has 1 aromatic rings. The Morgan fingerprint density at radius 3 is 2.48 bits per heavy atom. The second kappa shape index (κ2) is 6.80. The van der Waals surface area contributed by atoms with Crippen LogP contribution in [0.2, 0.25) is 5.02 Å². The Morgan fingerprint density at radius 1 is 1.38 bits per heavy atom. The molecule has 116 valence electrons. The number of carbonyl (C=O) groups excluding carboxylic acids is 1. The molecule has 8 heteroatoms. The minimum absolute atomic E-state index is 0.372. The Morgan fingerprint density at radius 2 is 2.00 bits per heavy atom. The summed E-state index contributed by atoms with van der Waals surface area (Å²) in [6.45, 7) is 1.45. The van der Waals surface area contributed by atoms with Crippen molar-refractivity contribution in [3.8, 4) is 0 Å². The van der Waals surface area contributed by atoms with Gasteiger partial charge in [0, 0.05) is 5.02 Å². The van der Waals surface area contributed by atoms with Crippen molar-refractivity contribution in [3.63, 3.8) is 0 Å². The number of amides is 1. The Hall–Kier alpha value is -1.76. The number of carboxylic acid groups (broad SMARTS) is 1. The summed E-state index contributed by atoms with van der Waals surface area (Å²) in [5.41, 5.74) is 0.483. The van der Waals surface area contributed by atoms with Crippen molar-refractivity contribution in [2.45, 2.75) is 31.5 Å². The Balaban J connectivity index is 2.80. The number of hydrogen-bond donors (Lipinski definition) is 2. The van der Waals surface area contributed by atoms with E-state index in [9.17, 15) is 22.8 Å². The monoisotopic (exact) mass is 323 g/mol. The number of hydrogen-bond acceptors (Lipinski definition) is 2. The van der Waals surface area contributed by atoms with E-state index in [2.05, 4.69) is 0 Å². The molecule has 0 bridgehead atoms. The third-order valence-electron chi connectivity index (χ3n) is 2.79. The molecule has 1 amide bonds. The molecular formula is C13H13ClF3NO3. The molecule has 2 unspecified atom stereocenters. The number of aliphatic carboxylic acids is 1. The predicted molar refractivity (Wildman–Crippen MR) is 70.1 cm³/mol. The lowest BCUT2D eigenvalue weighted by atomic mass is 10.00. The molecule has 0 spiro atoms. The van der Waals surface area contributed by atoms with Crippen LogP contribution in [0.4, 0.5) is 13.2 Å². The van der Waals surface area contributed by atoms with Gasteiger partial charge in [0.2, 0.25) is 5.91 Å². The molecule has 4 nitrogen and oxygen atoms in total. The van der Waals surface area contributed by atoms with E-state index in [1.54, 1.807) is 18.2 Å². The van der Waals surface area contributed by atoms with E-state index in [1.165, 1.54) is 13.0 Å². The highest BCUT2D eigenvalue weighted by atomic mass is 35.5. The van der Waals surface area contributed by atoms with Gasteiger partial charge in [-0.15, -0.1) is 0 Å². The van der Waals surface area contributed by atoms with E-state index in [1.807, 2.05) is 5.32 Å². The summed E-state index contributed by atoms with van der Waals surface area (Å²) in [5.74, 6) is -3.37. The summed E-state index contributed by atoms with van der Waals surface area (Å²) < 4.78 is 36.8. The van der Waals surface area contributed by atoms with E-state index < -0.39 is 36.4 Å². The van der Waals surface area contributed by atoms with Crippen molar-refractivity contribution in [2.24, 2.45) is 0 Å². The number of alkyl halides is 3. The maximum atomic E-state index is 12.3. The van der Waals surface area contributed by atoms with Gasteiger partial charge in [-0.05, 0) is 24.6 Å². The molecule has 0 fully saturated rings. The molecule has 2 N–H and O–H groups in total. The lowest BCUT2D eigenvalue weighted by molar-refractivity contribution is -0.160. The Labute approximate surface area is 123 Å². The Kier molecular flexibility index (Phi) is 5.60. The van der Waals surface area contributed by atoms with Gasteiger partial charge in [0.15, 0.2) is 0 Å². The zero-order chi connectivity index (χ0) is 16.2. The van der Waals surface area contributed by atoms with Gasteiger partial charge in [0.1, 0.15) is 6.04 Å². The van der Waals surface area contributed by atoms with Crippen LogP contribution in [0.25, 0.3) is 0 Å². The number of benzene rings is 1. The zero-order valence-corrected chi connectivity index (χ0v) is 11.7. The largest absolute Gasteiger partial charge is 0.480 e. The highest BCUT2D eigenvalue weighted by Gasteiger charge is 2.36. The number of carbonyl (C=O) groups is 2. The van der Waals surface area contributed by atoms with Gasteiger partial charge in [-0.25, -0.2) is 4.79 Å². The maximum Gasteiger partial charge on any atom is 0.391 e. The average molecular weight is 324 g/mol. The van der Waals surface area contributed by atoms with Crippen molar-refractivity contribution < 1.29 is 27.9 Å². The van der Waals surface area contributed by atoms with Gasteiger partial charge in [-0.1, -0.05) is 23.7 Å². The standard InChI is InChI=1S/C13H13ClF3NO3/c1-7(8-3-2-4-9(14)5-8)11(19)18-10(12(20)21)6-13(15,16)17/h2-5,7,10H,6H2,1H3,(H,18,19)(H,20,21). The van der Waals surface area contributed by atoms with Crippen LogP contribution in [-0.2, 0) is 9.59 Å². The lowest BCUT2D eigenvalue weighted by Gasteiger charge is -2.19. The van der Waals surface area contributed by atoms with Crippen LogP contribution in [0.3, 0.4) is 0 Å². The van der Waals surface area contributed by atoms with Crippen LogP contribution in [0, 0.1) is 0 Å². The SMILES string of the molecule is CC(C(=O)NC(CC(F)(F)F)C(=O)O)c1cccc(Cl)c1. The molecule has 2 atom stereocenters. The number of carboxylic acids is 1. The van der Waals surface area contributed by atoms with Crippen LogP contribution >= 0.6 is 11.6 Å². The minimum atomic E-state index is -4.68. The van der Waals surface area contributed by atoms with Crippen LogP contribution in [0.1, 0.15) is 24.8 Å². The van der Waals surface area contributed by atoms with Crippen LogP contribution in [0.15, 0.2) is 24.3 Å². The predicted octanol–water partition coefficient (Wildman–Crippen LogP) is 2.97. The Bertz CT molecular complexity index is 534.